The lowest BCUT2D eigenvalue weighted by molar-refractivity contribution is 1.30. The molecule has 0 aliphatic carbocycles. The number of nitrogens with zero attached hydrogens (tertiary/aromatic N) is 2. The molecule has 0 atom stereocenters. The summed E-state index contributed by atoms with van der Waals surface area (Å²) in [6, 6.07) is 148. The van der Waals surface area contributed by atoms with Crippen molar-refractivity contribution in [3.63, 3.8) is 0 Å². The van der Waals surface area contributed by atoms with Crippen LogP contribution in [0.4, 0.5) is 91.0 Å². The highest BCUT2D eigenvalue weighted by molar-refractivity contribution is 6.05. The Kier molecular flexibility index (Phi) is 21.3. The smallest absolute Gasteiger partial charge is 0.0645 e. The van der Waals surface area contributed by atoms with Crippen LogP contribution in [0.3, 0.4) is 0 Å². The van der Waals surface area contributed by atoms with Crippen molar-refractivity contribution in [2.75, 3.05) is 36.4 Å². The Morgan fingerprint density at radius 1 is 0.209 bits per heavy atom. The van der Waals surface area contributed by atoms with Crippen molar-refractivity contribution in [1.82, 2.24) is 0 Å². The first kappa shape index (κ1) is 67.9. The summed E-state index contributed by atoms with van der Waals surface area (Å²) in [4.78, 5) is 4.65. The third-order valence-corrected chi connectivity index (χ3v) is 19.8. The lowest BCUT2D eigenvalue weighted by Crippen LogP contribution is -2.10. The van der Waals surface area contributed by atoms with Crippen LogP contribution in [-0.4, -0.2) is 0 Å². The van der Waals surface area contributed by atoms with Crippen molar-refractivity contribution in [2.45, 2.75) is 13.8 Å². The maximum atomic E-state index is 8.01. The molecule has 0 fully saturated rings. The molecule has 19 rings (SSSR count). The number of aryl methyl sites for hydroxylation is 2. The van der Waals surface area contributed by atoms with Crippen LogP contribution in [0.25, 0.3) is 65.3 Å². The fourth-order valence-corrected chi connectivity index (χ4v) is 14.5. The number of hydrogen-bond acceptors (Lipinski definition) is 7. The Bertz CT molecular complexity index is 6640. The van der Waals surface area contributed by atoms with Gasteiger partial charge in [-0.2, -0.15) is 0 Å². The molecule has 0 radical (unpaired) electrons. The predicted octanol–water partition coefficient (Wildman–Crippen LogP) is 31.0. The third kappa shape index (κ3) is 18.5. The standard InChI is InChI=1S/C38H28N2.C28H22N2.C22H17N.C20H20N2/c1-2-14-33(15-3-1)40(38-19-9-13-31-11-5-7-17-36(31)38)34-26-22-29(23-27-34)28-20-24-32(25-21-28)39-37-18-8-12-30-10-4-6-16-35(30)37;1-3-12-23(13-4-1)29-24-18-20-26(21-19-24)30(25-14-5-2-6-15-25)28-17-9-11-22-10-7-8-16-27(22)28;1-3-9-17(10-4-1)19-15-16-22(21-14-8-7-13-20(19)21)23-18-11-5-2-6-12-18;1-15-11-16(2)13-20(12-15)22-19-10-6-9-18(14-19)21-17-7-4-3-5-8-17/h1-27,39H;1-21,29H;1-16,23H;3-14,21-22H,1-2H3/i;;;3D,4D,5D,7D,8D. The molecule has 0 bridgehead atoms. The van der Waals surface area contributed by atoms with Crippen molar-refractivity contribution in [2.24, 2.45) is 0 Å². The Labute approximate surface area is 681 Å². The average Bonchev–Trinajstić information content (AvgIpc) is 0.796. The van der Waals surface area contributed by atoms with Gasteiger partial charge in [-0.15, -0.1) is 0 Å². The maximum absolute atomic E-state index is 8.01. The average molecular weight is 1490 g/mol. The van der Waals surface area contributed by atoms with Gasteiger partial charge in [0.15, 0.2) is 0 Å². The van der Waals surface area contributed by atoms with Gasteiger partial charge < -0.3 is 36.4 Å². The number of fused-ring (bicyclic) bond motifs is 4. The molecule has 554 valence electrons. The Morgan fingerprint density at radius 3 is 1.10 bits per heavy atom. The maximum Gasteiger partial charge on any atom is 0.0645 e. The molecule has 0 spiro atoms. The molecule has 0 aliphatic heterocycles. The van der Waals surface area contributed by atoms with Gasteiger partial charge in [0.1, 0.15) is 0 Å². The van der Waals surface area contributed by atoms with E-state index in [4.69, 9.17) is 6.85 Å². The summed E-state index contributed by atoms with van der Waals surface area (Å²) in [6.07, 6.45) is 0. The summed E-state index contributed by atoms with van der Waals surface area (Å²) in [5.41, 5.74) is 23.1. The number of hydrogen-bond donors (Lipinski definition) is 5. The lowest BCUT2D eigenvalue weighted by atomic mass is 9.97. The minimum Gasteiger partial charge on any atom is -0.356 e. The van der Waals surface area contributed by atoms with Gasteiger partial charge in [-0.3, -0.25) is 0 Å². The van der Waals surface area contributed by atoms with E-state index >= 15 is 0 Å². The molecule has 115 heavy (non-hydrogen) atoms. The van der Waals surface area contributed by atoms with Gasteiger partial charge in [-0.1, -0.05) is 297 Å². The summed E-state index contributed by atoms with van der Waals surface area (Å²) in [5.74, 6) is 0. The zero-order chi connectivity index (χ0) is 82.1. The molecular weight excluding hydrogens is 1400 g/mol. The second kappa shape index (κ2) is 36.1. The van der Waals surface area contributed by atoms with Gasteiger partial charge in [-0.25, -0.2) is 0 Å². The van der Waals surface area contributed by atoms with Gasteiger partial charge in [0.05, 0.1) is 18.2 Å². The monoisotopic (exact) mass is 1490 g/mol. The molecule has 0 unspecified atom stereocenters. The number of benzene rings is 19. The van der Waals surface area contributed by atoms with Crippen molar-refractivity contribution >= 4 is 134 Å². The first-order chi connectivity index (χ1) is 58.9. The van der Waals surface area contributed by atoms with Crippen molar-refractivity contribution in [1.29, 1.82) is 0 Å². The van der Waals surface area contributed by atoms with Crippen molar-refractivity contribution in [3.05, 3.63) is 472 Å². The van der Waals surface area contributed by atoms with Crippen LogP contribution in [0.1, 0.15) is 18.0 Å². The van der Waals surface area contributed by atoms with E-state index in [2.05, 4.69) is 394 Å². The largest absolute Gasteiger partial charge is 0.356 e. The van der Waals surface area contributed by atoms with Crippen LogP contribution in [-0.2, 0) is 0 Å². The molecule has 0 heterocycles. The molecule has 0 aliphatic rings. The molecular formula is C108H87N7. The van der Waals surface area contributed by atoms with Crippen molar-refractivity contribution in [3.8, 4) is 22.3 Å². The number of rotatable bonds is 18. The first-order valence-electron chi connectivity index (χ1n) is 41.1. The van der Waals surface area contributed by atoms with Crippen molar-refractivity contribution < 1.29 is 6.85 Å². The van der Waals surface area contributed by atoms with Crippen LogP contribution in [0.2, 0.25) is 0 Å². The Morgan fingerprint density at radius 2 is 0.557 bits per heavy atom. The van der Waals surface area contributed by atoms with E-state index in [1.807, 2.05) is 80.6 Å². The van der Waals surface area contributed by atoms with Gasteiger partial charge in [0.25, 0.3) is 0 Å². The molecule has 0 saturated carbocycles. The third-order valence-electron chi connectivity index (χ3n) is 19.8. The molecule has 19 aromatic carbocycles. The zero-order valence-corrected chi connectivity index (χ0v) is 63.9. The molecule has 0 saturated heterocycles. The fourth-order valence-electron chi connectivity index (χ4n) is 14.5. The minimum absolute atomic E-state index is 0.0598. The van der Waals surface area contributed by atoms with E-state index < -0.39 is 6.04 Å². The van der Waals surface area contributed by atoms with E-state index in [0.717, 1.165) is 79.4 Å². The quantitative estimate of drug-likeness (QED) is 0.0587. The molecule has 0 aromatic heterocycles. The van der Waals surface area contributed by atoms with Gasteiger partial charge in [0.2, 0.25) is 0 Å². The van der Waals surface area contributed by atoms with E-state index in [0.29, 0.717) is 5.69 Å². The highest BCUT2D eigenvalue weighted by Crippen LogP contribution is 2.43. The van der Waals surface area contributed by atoms with E-state index in [-0.39, 0.29) is 29.9 Å². The van der Waals surface area contributed by atoms with Crippen LogP contribution >= 0.6 is 0 Å². The predicted molar refractivity (Wildman–Crippen MR) is 494 cm³/mol. The summed E-state index contributed by atoms with van der Waals surface area (Å²) in [6.45, 7) is 4.07. The summed E-state index contributed by atoms with van der Waals surface area (Å²) in [7, 11) is 0. The Balaban J connectivity index is 0.000000122. The minimum atomic E-state index is -0.402. The zero-order valence-electron chi connectivity index (χ0n) is 68.9. The van der Waals surface area contributed by atoms with Crippen LogP contribution in [0, 0.1) is 13.8 Å². The SMILES string of the molecule is [2H]c1c([2H])c([2H])c(Nc2cccc(Nc3cc(C)cc(C)c3)c2)c([2H])c1[2H].c1ccc(N(c2ccc(-c3ccc(Nc4cccc5ccccc45)cc3)cc2)c2cccc3ccccc23)cc1.c1ccc(Nc2ccc(-c3ccccc3)c3ccccc23)cc1.c1ccc(Nc2ccc(N(c3ccccc3)c3cccc4ccccc34)cc2)cc1. The van der Waals surface area contributed by atoms with Gasteiger partial charge in [0, 0.05) is 101 Å². The first-order valence-corrected chi connectivity index (χ1v) is 38.6. The normalized spacial score (nSPS) is 11.3. The Hall–Kier alpha value is -15.2. The molecule has 5 N–H and O–H groups in total. The summed E-state index contributed by atoms with van der Waals surface area (Å²) in [5, 5.41) is 26.8. The number of nitrogens with one attached hydrogen (secondary N) is 5. The summed E-state index contributed by atoms with van der Waals surface area (Å²) < 4.78 is 39.2. The lowest BCUT2D eigenvalue weighted by Gasteiger charge is -2.27. The van der Waals surface area contributed by atoms with Crippen LogP contribution in [0.15, 0.2) is 461 Å². The van der Waals surface area contributed by atoms with E-state index in [9.17, 15) is 0 Å². The highest BCUT2D eigenvalue weighted by Gasteiger charge is 2.18. The molecule has 0 amide bonds. The van der Waals surface area contributed by atoms with E-state index in [1.54, 1.807) is 6.07 Å². The topological polar surface area (TPSA) is 66.6 Å². The van der Waals surface area contributed by atoms with Gasteiger partial charge >= 0.3 is 0 Å². The second-order valence-electron chi connectivity index (χ2n) is 27.9. The van der Waals surface area contributed by atoms with Crippen LogP contribution in [0.5, 0.6) is 0 Å². The molecule has 19 aromatic rings. The number of anilines is 16. The van der Waals surface area contributed by atoms with Gasteiger partial charge in [-0.05, 0) is 233 Å². The molecule has 7 heteroatoms. The summed E-state index contributed by atoms with van der Waals surface area (Å²) >= 11 is 0. The van der Waals surface area contributed by atoms with Crippen LogP contribution < -0.4 is 36.4 Å². The number of para-hydroxylation sites is 5. The fraction of sp³-hybridized carbons (Fsp3) is 0.0185. The highest BCUT2D eigenvalue weighted by atomic mass is 15.1. The van der Waals surface area contributed by atoms with E-state index in [1.165, 1.54) is 76.7 Å². The second-order valence-corrected chi connectivity index (χ2v) is 27.9. The molecule has 7 nitrogen and oxygen atoms in total.